The first kappa shape index (κ1) is 22.7. The first-order valence-corrected chi connectivity index (χ1v) is 12.1. The molecule has 0 unspecified atom stereocenters. The number of amides is 1. The van der Waals surface area contributed by atoms with Crippen LogP contribution in [-0.2, 0) is 4.79 Å². The molecule has 3 aromatic carbocycles. The number of nitrogens with one attached hydrogen (secondary N) is 1. The van der Waals surface area contributed by atoms with Crippen LogP contribution >= 0.6 is 0 Å². The molecule has 0 bridgehead atoms. The second-order valence-corrected chi connectivity index (χ2v) is 9.63. The number of ether oxygens (including phenoxy) is 1. The highest BCUT2D eigenvalue weighted by atomic mass is 16.5. The molecule has 1 saturated carbocycles. The monoisotopic (exact) mass is 460 g/mol. The van der Waals surface area contributed by atoms with Crippen molar-refractivity contribution in [1.29, 1.82) is 0 Å². The highest BCUT2D eigenvalue weighted by molar-refractivity contribution is 6.02. The van der Waals surface area contributed by atoms with Crippen molar-refractivity contribution in [2.75, 3.05) is 25.5 Å². The topological polar surface area (TPSA) is 82.0 Å². The molecule has 1 heterocycles. The number of aromatic hydroxyl groups is 1. The number of phenols is 1. The Hall–Kier alpha value is -3.09. The van der Waals surface area contributed by atoms with E-state index in [1.165, 1.54) is 7.11 Å². The van der Waals surface area contributed by atoms with Crippen LogP contribution in [0.4, 0.5) is 5.69 Å². The summed E-state index contributed by atoms with van der Waals surface area (Å²) in [6, 6.07) is 19.2. The Balaban J connectivity index is 1.43. The molecule has 0 aromatic heterocycles. The maximum Gasteiger partial charge on any atom is 0.238 e. The minimum absolute atomic E-state index is 0.0228. The zero-order chi connectivity index (χ0) is 23.7. The standard InChI is InChI=1S/C28H32N2O4/c1-34-25-17-20(12-13-24(25)31)27-22-10-4-5-14-28(22,33)15-16-30(27)18-26(32)29-23-11-6-8-19-7-2-3-9-21(19)23/h2-3,6-9,11-13,17,22,27,31,33H,4-5,10,14-16,18H2,1H3,(H,29,32)/t22-,27+,28-/m0/s1. The number of carbonyl (C=O) groups excluding carboxylic acids is 1. The Bertz CT molecular complexity index is 1190. The molecule has 5 rings (SSSR count). The smallest absolute Gasteiger partial charge is 0.238 e. The predicted octanol–water partition coefficient (Wildman–Crippen LogP) is 4.86. The first-order chi connectivity index (χ1) is 16.5. The van der Waals surface area contributed by atoms with Gasteiger partial charge in [0.05, 0.1) is 19.3 Å². The minimum atomic E-state index is -0.726. The zero-order valence-corrected chi connectivity index (χ0v) is 19.5. The van der Waals surface area contributed by atoms with Crippen molar-refractivity contribution in [3.05, 3.63) is 66.2 Å². The molecular formula is C28H32N2O4. The van der Waals surface area contributed by atoms with E-state index in [0.717, 1.165) is 47.7 Å². The molecule has 6 nitrogen and oxygen atoms in total. The maximum atomic E-state index is 13.2. The van der Waals surface area contributed by atoms with Gasteiger partial charge in [0.2, 0.25) is 5.91 Å². The summed E-state index contributed by atoms with van der Waals surface area (Å²) in [5, 5.41) is 26.8. The van der Waals surface area contributed by atoms with Gasteiger partial charge in [0.1, 0.15) is 0 Å². The first-order valence-electron chi connectivity index (χ1n) is 12.1. The number of phenolic OH excluding ortho intramolecular Hbond substituents is 1. The molecule has 34 heavy (non-hydrogen) atoms. The van der Waals surface area contributed by atoms with E-state index < -0.39 is 5.60 Å². The number of hydrogen-bond donors (Lipinski definition) is 3. The summed E-state index contributed by atoms with van der Waals surface area (Å²) in [7, 11) is 1.53. The number of fused-ring (bicyclic) bond motifs is 2. The molecular weight excluding hydrogens is 428 g/mol. The molecule has 3 atom stereocenters. The van der Waals surface area contributed by atoms with Crippen LogP contribution in [0.2, 0.25) is 0 Å². The molecule has 1 aliphatic carbocycles. The normalized spacial score (nSPS) is 25.0. The van der Waals surface area contributed by atoms with E-state index >= 15 is 0 Å². The molecule has 1 aliphatic heterocycles. The fourth-order valence-corrected chi connectivity index (χ4v) is 5.95. The van der Waals surface area contributed by atoms with Crippen molar-refractivity contribution in [3.63, 3.8) is 0 Å². The molecule has 0 radical (unpaired) electrons. The summed E-state index contributed by atoms with van der Waals surface area (Å²) in [5.74, 6) is 0.437. The van der Waals surface area contributed by atoms with Gasteiger partial charge in [-0.3, -0.25) is 9.69 Å². The lowest BCUT2D eigenvalue weighted by Gasteiger charge is -2.52. The summed E-state index contributed by atoms with van der Waals surface area (Å²) in [6.45, 7) is 0.855. The van der Waals surface area contributed by atoms with Crippen molar-refractivity contribution in [2.45, 2.75) is 43.7 Å². The quantitative estimate of drug-likeness (QED) is 0.507. The van der Waals surface area contributed by atoms with Gasteiger partial charge in [0, 0.05) is 29.6 Å². The number of anilines is 1. The van der Waals surface area contributed by atoms with E-state index in [9.17, 15) is 15.0 Å². The second kappa shape index (κ2) is 9.28. The van der Waals surface area contributed by atoms with E-state index in [1.54, 1.807) is 6.07 Å². The van der Waals surface area contributed by atoms with Crippen LogP contribution in [0.1, 0.15) is 43.7 Å². The SMILES string of the molecule is COc1cc([C@@H]2[C@@H]3CCCC[C@]3(O)CCN2CC(=O)Nc2cccc3ccccc23)ccc1O. The number of piperidine rings is 1. The number of hydrogen-bond acceptors (Lipinski definition) is 5. The van der Waals surface area contributed by atoms with Crippen LogP contribution in [0.5, 0.6) is 11.5 Å². The van der Waals surface area contributed by atoms with E-state index in [-0.39, 0.29) is 30.2 Å². The molecule has 1 amide bonds. The van der Waals surface area contributed by atoms with Crippen LogP contribution in [0.25, 0.3) is 10.8 Å². The number of rotatable bonds is 5. The number of methoxy groups -OCH3 is 1. The lowest BCUT2D eigenvalue weighted by atomic mass is 9.66. The van der Waals surface area contributed by atoms with Gasteiger partial charge in [-0.05, 0) is 48.4 Å². The van der Waals surface area contributed by atoms with Crippen LogP contribution in [0.3, 0.4) is 0 Å². The predicted molar refractivity (Wildman–Crippen MR) is 133 cm³/mol. The maximum absolute atomic E-state index is 13.2. The van der Waals surface area contributed by atoms with Crippen molar-refractivity contribution in [3.8, 4) is 11.5 Å². The number of likely N-dealkylation sites (tertiary alicyclic amines) is 1. The van der Waals surface area contributed by atoms with Gasteiger partial charge in [-0.1, -0.05) is 55.3 Å². The van der Waals surface area contributed by atoms with E-state index in [0.29, 0.717) is 18.7 Å². The number of benzene rings is 3. The van der Waals surface area contributed by atoms with Crippen LogP contribution < -0.4 is 10.1 Å². The summed E-state index contributed by atoms with van der Waals surface area (Å²) in [4.78, 5) is 15.4. The molecule has 2 aliphatic rings. The molecule has 0 spiro atoms. The number of carbonyl (C=O) groups is 1. The van der Waals surface area contributed by atoms with Crippen molar-refractivity contribution in [1.82, 2.24) is 4.90 Å². The lowest BCUT2D eigenvalue weighted by Crippen LogP contribution is -2.56. The Morgan fingerprint density at radius 3 is 2.79 bits per heavy atom. The molecule has 1 saturated heterocycles. The second-order valence-electron chi connectivity index (χ2n) is 9.63. The lowest BCUT2D eigenvalue weighted by molar-refractivity contribution is -0.135. The average molecular weight is 461 g/mol. The number of nitrogens with zero attached hydrogens (tertiary/aromatic N) is 1. The summed E-state index contributed by atoms with van der Waals surface area (Å²) in [6.07, 6.45) is 4.45. The van der Waals surface area contributed by atoms with E-state index in [2.05, 4.69) is 10.2 Å². The van der Waals surface area contributed by atoms with Gasteiger partial charge in [-0.25, -0.2) is 0 Å². The Labute approximate surface area is 200 Å². The Morgan fingerprint density at radius 2 is 1.94 bits per heavy atom. The van der Waals surface area contributed by atoms with Crippen molar-refractivity contribution < 1.29 is 19.7 Å². The third-order valence-electron chi connectivity index (χ3n) is 7.63. The molecule has 6 heteroatoms. The van der Waals surface area contributed by atoms with Crippen LogP contribution in [0.15, 0.2) is 60.7 Å². The van der Waals surface area contributed by atoms with Gasteiger partial charge < -0.3 is 20.3 Å². The van der Waals surface area contributed by atoms with Gasteiger partial charge >= 0.3 is 0 Å². The highest BCUT2D eigenvalue weighted by Gasteiger charge is 2.49. The molecule has 3 N–H and O–H groups in total. The minimum Gasteiger partial charge on any atom is -0.504 e. The highest BCUT2D eigenvalue weighted by Crippen LogP contribution is 2.50. The molecule has 2 fully saturated rings. The Morgan fingerprint density at radius 1 is 1.12 bits per heavy atom. The molecule has 178 valence electrons. The third kappa shape index (κ3) is 4.24. The van der Waals surface area contributed by atoms with Gasteiger partial charge in [0.25, 0.3) is 0 Å². The fraction of sp³-hybridized carbons (Fsp3) is 0.393. The van der Waals surface area contributed by atoms with E-state index in [1.807, 2.05) is 54.6 Å². The zero-order valence-electron chi connectivity index (χ0n) is 19.5. The molecule has 3 aromatic rings. The van der Waals surface area contributed by atoms with Gasteiger partial charge in [-0.15, -0.1) is 0 Å². The van der Waals surface area contributed by atoms with Crippen molar-refractivity contribution >= 4 is 22.4 Å². The number of aliphatic hydroxyl groups is 1. The summed E-state index contributed by atoms with van der Waals surface area (Å²) < 4.78 is 5.36. The average Bonchev–Trinajstić information content (AvgIpc) is 2.85. The summed E-state index contributed by atoms with van der Waals surface area (Å²) >= 11 is 0. The largest absolute Gasteiger partial charge is 0.504 e. The van der Waals surface area contributed by atoms with Gasteiger partial charge in [0.15, 0.2) is 11.5 Å². The third-order valence-corrected chi connectivity index (χ3v) is 7.63. The summed E-state index contributed by atoms with van der Waals surface area (Å²) in [5.41, 5.74) is 1.03. The fourth-order valence-electron chi connectivity index (χ4n) is 5.95. The van der Waals surface area contributed by atoms with E-state index in [4.69, 9.17) is 4.74 Å². The van der Waals surface area contributed by atoms with Crippen LogP contribution in [-0.4, -0.2) is 46.8 Å². The van der Waals surface area contributed by atoms with Gasteiger partial charge in [-0.2, -0.15) is 0 Å². The Kier molecular flexibility index (Phi) is 6.19. The van der Waals surface area contributed by atoms with Crippen molar-refractivity contribution in [2.24, 2.45) is 5.92 Å². The van der Waals surface area contributed by atoms with Crippen LogP contribution in [0, 0.1) is 5.92 Å².